The minimum absolute atomic E-state index is 0.320. The van der Waals surface area contributed by atoms with Gasteiger partial charge < -0.3 is 5.32 Å². The van der Waals surface area contributed by atoms with Crippen LogP contribution in [-0.4, -0.2) is 0 Å². The van der Waals surface area contributed by atoms with E-state index in [9.17, 15) is 0 Å². The van der Waals surface area contributed by atoms with Crippen LogP contribution >= 0.6 is 11.6 Å². The highest BCUT2D eigenvalue weighted by Crippen LogP contribution is 2.51. The van der Waals surface area contributed by atoms with Gasteiger partial charge >= 0.3 is 0 Å². The molecule has 0 bridgehead atoms. The van der Waals surface area contributed by atoms with Crippen molar-refractivity contribution in [3.05, 3.63) is 89.0 Å². The maximum atomic E-state index is 6.09. The van der Waals surface area contributed by atoms with Crippen molar-refractivity contribution in [1.29, 1.82) is 0 Å². The number of nitrogens with one attached hydrogen (secondary N) is 1. The molecule has 2 aliphatic rings. The van der Waals surface area contributed by atoms with Crippen molar-refractivity contribution in [2.24, 2.45) is 5.92 Å². The maximum absolute atomic E-state index is 6.09. The minimum Gasteiger partial charge on any atom is -0.377 e. The largest absolute Gasteiger partial charge is 0.377 e. The van der Waals surface area contributed by atoms with Crippen LogP contribution < -0.4 is 5.32 Å². The summed E-state index contributed by atoms with van der Waals surface area (Å²) in [5.74, 6) is 1.06. The zero-order valence-electron chi connectivity index (χ0n) is 13.2. The molecule has 0 fully saturated rings. The molecule has 3 atom stereocenters. The highest BCUT2D eigenvalue weighted by molar-refractivity contribution is 6.30. The summed E-state index contributed by atoms with van der Waals surface area (Å²) >= 11 is 6.09. The van der Waals surface area contributed by atoms with Crippen LogP contribution in [0.15, 0.2) is 72.8 Å². The van der Waals surface area contributed by atoms with Crippen LogP contribution in [0.5, 0.6) is 0 Å². The fraction of sp³-hybridized carbons (Fsp3) is 0.182. The Kier molecular flexibility index (Phi) is 3.17. The summed E-state index contributed by atoms with van der Waals surface area (Å²) in [6, 6.07) is 21.8. The van der Waals surface area contributed by atoms with E-state index in [-0.39, 0.29) is 0 Å². The molecule has 3 unspecified atom stereocenters. The van der Waals surface area contributed by atoms with E-state index in [1.165, 1.54) is 27.6 Å². The SMILES string of the molecule is Clc1ccc(C2Nc3c(ccc4ccccc34)C3C=CCC32)cc1. The van der Waals surface area contributed by atoms with Crippen molar-refractivity contribution in [1.82, 2.24) is 0 Å². The van der Waals surface area contributed by atoms with Gasteiger partial charge in [0.15, 0.2) is 0 Å². The fourth-order valence-electron chi connectivity index (χ4n) is 4.34. The first-order valence-electron chi connectivity index (χ1n) is 8.51. The molecule has 0 spiro atoms. The lowest BCUT2D eigenvalue weighted by Crippen LogP contribution is -2.29. The number of anilines is 1. The summed E-state index contributed by atoms with van der Waals surface area (Å²) in [5, 5.41) is 7.26. The average molecular weight is 332 g/mol. The molecule has 118 valence electrons. The number of rotatable bonds is 1. The molecule has 3 aromatic rings. The highest BCUT2D eigenvalue weighted by atomic mass is 35.5. The third kappa shape index (κ3) is 2.08. The Hall–Kier alpha value is -2.25. The molecule has 2 heteroatoms. The predicted octanol–water partition coefficient (Wildman–Crippen LogP) is 6.32. The van der Waals surface area contributed by atoms with Gasteiger partial charge in [0.2, 0.25) is 0 Å². The number of benzene rings is 3. The molecule has 1 N–H and O–H groups in total. The molecule has 0 aromatic heterocycles. The van der Waals surface area contributed by atoms with Gasteiger partial charge in [-0.15, -0.1) is 0 Å². The number of fused-ring (bicyclic) bond motifs is 5. The van der Waals surface area contributed by atoms with E-state index in [2.05, 4.69) is 66.0 Å². The zero-order chi connectivity index (χ0) is 16.1. The van der Waals surface area contributed by atoms with Gasteiger partial charge in [-0.1, -0.05) is 72.3 Å². The molecule has 24 heavy (non-hydrogen) atoms. The maximum Gasteiger partial charge on any atom is 0.0554 e. The molecule has 1 aliphatic heterocycles. The third-order valence-electron chi connectivity index (χ3n) is 5.49. The third-order valence-corrected chi connectivity index (χ3v) is 5.74. The fourth-order valence-corrected chi connectivity index (χ4v) is 4.47. The van der Waals surface area contributed by atoms with E-state index in [0.29, 0.717) is 17.9 Å². The van der Waals surface area contributed by atoms with Crippen LogP contribution in [0.4, 0.5) is 5.69 Å². The van der Waals surface area contributed by atoms with Crippen LogP contribution in [0, 0.1) is 5.92 Å². The predicted molar refractivity (Wildman–Crippen MR) is 102 cm³/mol. The molecule has 1 heterocycles. The lowest BCUT2D eigenvalue weighted by molar-refractivity contribution is 0.426. The lowest BCUT2D eigenvalue weighted by atomic mass is 9.76. The average Bonchev–Trinajstić information content (AvgIpc) is 3.11. The van der Waals surface area contributed by atoms with Crippen LogP contribution in [0.3, 0.4) is 0 Å². The van der Waals surface area contributed by atoms with E-state index < -0.39 is 0 Å². The van der Waals surface area contributed by atoms with Gasteiger partial charge in [-0.25, -0.2) is 0 Å². The molecule has 1 aliphatic carbocycles. The first kappa shape index (κ1) is 14.1. The topological polar surface area (TPSA) is 12.0 Å². The van der Waals surface area contributed by atoms with Crippen molar-refractivity contribution >= 4 is 28.1 Å². The second kappa shape index (κ2) is 5.39. The Morgan fingerprint density at radius 2 is 1.75 bits per heavy atom. The molecule has 0 saturated heterocycles. The Balaban J connectivity index is 1.69. The minimum atomic E-state index is 0.320. The summed E-state index contributed by atoms with van der Waals surface area (Å²) in [7, 11) is 0. The number of hydrogen-bond donors (Lipinski definition) is 1. The molecular weight excluding hydrogens is 314 g/mol. The molecule has 0 saturated carbocycles. The molecule has 3 aromatic carbocycles. The summed E-state index contributed by atoms with van der Waals surface area (Å²) in [5.41, 5.74) is 4.04. The van der Waals surface area contributed by atoms with Gasteiger partial charge in [-0.3, -0.25) is 0 Å². The van der Waals surface area contributed by atoms with Gasteiger partial charge in [-0.2, -0.15) is 0 Å². The summed E-state index contributed by atoms with van der Waals surface area (Å²) < 4.78 is 0. The van der Waals surface area contributed by atoms with E-state index in [0.717, 1.165) is 11.4 Å². The standard InChI is InChI=1S/C22H18ClN/c23-16-11-8-15(9-12-16)21-19-7-3-6-18(19)20-13-10-14-4-1-2-5-17(14)22(20)24-21/h1-6,8-13,18-19,21,24H,7H2. The Bertz CT molecular complexity index is 942. The van der Waals surface area contributed by atoms with Gasteiger partial charge in [0.25, 0.3) is 0 Å². The number of hydrogen-bond acceptors (Lipinski definition) is 1. The van der Waals surface area contributed by atoms with Crippen LogP contribution in [0.25, 0.3) is 10.8 Å². The van der Waals surface area contributed by atoms with Crippen molar-refractivity contribution < 1.29 is 0 Å². The number of halogens is 1. The molecule has 1 nitrogen and oxygen atoms in total. The monoisotopic (exact) mass is 331 g/mol. The van der Waals surface area contributed by atoms with Crippen molar-refractivity contribution in [2.75, 3.05) is 5.32 Å². The van der Waals surface area contributed by atoms with Crippen molar-refractivity contribution in [3.8, 4) is 0 Å². The van der Waals surface area contributed by atoms with Crippen molar-refractivity contribution in [2.45, 2.75) is 18.4 Å². The van der Waals surface area contributed by atoms with E-state index in [4.69, 9.17) is 11.6 Å². The number of allylic oxidation sites excluding steroid dienone is 2. The van der Waals surface area contributed by atoms with Crippen LogP contribution in [0.2, 0.25) is 5.02 Å². The second-order valence-corrected chi connectivity index (χ2v) is 7.21. The van der Waals surface area contributed by atoms with Gasteiger partial charge in [0, 0.05) is 22.0 Å². The Labute approximate surface area is 147 Å². The quantitative estimate of drug-likeness (QED) is 0.514. The lowest BCUT2D eigenvalue weighted by Gasteiger charge is -2.38. The summed E-state index contributed by atoms with van der Waals surface area (Å²) in [6.07, 6.45) is 5.85. The summed E-state index contributed by atoms with van der Waals surface area (Å²) in [4.78, 5) is 0. The van der Waals surface area contributed by atoms with E-state index in [1.807, 2.05) is 12.1 Å². The van der Waals surface area contributed by atoms with Crippen LogP contribution in [-0.2, 0) is 0 Å². The smallest absolute Gasteiger partial charge is 0.0554 e. The Morgan fingerprint density at radius 1 is 0.917 bits per heavy atom. The van der Waals surface area contributed by atoms with Crippen molar-refractivity contribution in [3.63, 3.8) is 0 Å². The second-order valence-electron chi connectivity index (χ2n) is 6.78. The molecule has 0 radical (unpaired) electrons. The summed E-state index contributed by atoms with van der Waals surface area (Å²) in [6.45, 7) is 0. The van der Waals surface area contributed by atoms with Gasteiger partial charge in [0.05, 0.1) is 6.04 Å². The highest BCUT2D eigenvalue weighted by Gasteiger charge is 2.38. The molecular formula is C22H18ClN. The first-order chi connectivity index (χ1) is 11.8. The zero-order valence-corrected chi connectivity index (χ0v) is 14.0. The van der Waals surface area contributed by atoms with E-state index >= 15 is 0 Å². The van der Waals surface area contributed by atoms with E-state index in [1.54, 1.807) is 0 Å². The first-order valence-corrected chi connectivity index (χ1v) is 8.89. The van der Waals surface area contributed by atoms with Gasteiger partial charge in [0.1, 0.15) is 0 Å². The van der Waals surface area contributed by atoms with Gasteiger partial charge in [-0.05, 0) is 41.0 Å². The molecule has 5 rings (SSSR count). The van der Waals surface area contributed by atoms with Crippen LogP contribution in [0.1, 0.15) is 29.5 Å². The molecule has 0 amide bonds. The normalized spacial score (nSPS) is 24.5. The Morgan fingerprint density at radius 3 is 2.62 bits per heavy atom.